The molecule has 3 N–H and O–H groups in total. The summed E-state index contributed by atoms with van der Waals surface area (Å²) in [6.07, 6.45) is 6.26. The van der Waals surface area contributed by atoms with Gasteiger partial charge in [-0.2, -0.15) is 5.10 Å². The molecule has 1 aliphatic carbocycles. The fourth-order valence-electron chi connectivity index (χ4n) is 4.32. The van der Waals surface area contributed by atoms with Gasteiger partial charge in [0, 0.05) is 31.3 Å². The van der Waals surface area contributed by atoms with Gasteiger partial charge in [-0.15, -0.1) is 0 Å². The number of hydrogen-bond donors (Lipinski definition) is 3. The van der Waals surface area contributed by atoms with Crippen molar-refractivity contribution in [3.05, 3.63) is 48.2 Å². The summed E-state index contributed by atoms with van der Waals surface area (Å²) >= 11 is 0. The molecular weight excluding hydrogens is 354 g/mol. The van der Waals surface area contributed by atoms with Gasteiger partial charge in [0.15, 0.2) is 5.82 Å². The Labute approximate surface area is 164 Å². The number of aromatic nitrogens is 2. The van der Waals surface area contributed by atoms with Gasteiger partial charge in [0.25, 0.3) is 0 Å². The SMILES string of the molecule is CC(c1ccccc1)n1ccc(NC(=O)NC2CCC3(CC2)CNC(=O)C3)n1. The summed E-state index contributed by atoms with van der Waals surface area (Å²) in [5.41, 5.74) is 1.27. The third-order valence-corrected chi connectivity index (χ3v) is 6.11. The van der Waals surface area contributed by atoms with E-state index in [-0.39, 0.29) is 29.4 Å². The van der Waals surface area contributed by atoms with Gasteiger partial charge >= 0.3 is 6.03 Å². The minimum absolute atomic E-state index is 0.0945. The van der Waals surface area contributed by atoms with Gasteiger partial charge in [0.2, 0.25) is 5.91 Å². The number of carbonyl (C=O) groups excluding carboxylic acids is 2. The smallest absolute Gasteiger partial charge is 0.320 e. The van der Waals surface area contributed by atoms with Crippen LogP contribution in [0.15, 0.2) is 42.6 Å². The first-order valence-corrected chi connectivity index (χ1v) is 9.97. The molecule has 0 bridgehead atoms. The Morgan fingerprint density at radius 1 is 1.25 bits per heavy atom. The van der Waals surface area contributed by atoms with E-state index in [2.05, 4.69) is 40.1 Å². The zero-order valence-electron chi connectivity index (χ0n) is 16.1. The van der Waals surface area contributed by atoms with Crippen LogP contribution >= 0.6 is 0 Å². The van der Waals surface area contributed by atoms with E-state index >= 15 is 0 Å². The molecule has 1 atom stereocenters. The molecule has 1 saturated carbocycles. The van der Waals surface area contributed by atoms with Crippen molar-refractivity contribution < 1.29 is 9.59 Å². The molecule has 0 radical (unpaired) electrons. The number of anilines is 1. The van der Waals surface area contributed by atoms with Gasteiger partial charge in [-0.3, -0.25) is 14.8 Å². The van der Waals surface area contributed by atoms with Gasteiger partial charge in [0.1, 0.15) is 0 Å². The summed E-state index contributed by atoms with van der Waals surface area (Å²) in [6.45, 7) is 2.86. The van der Waals surface area contributed by atoms with E-state index in [0.29, 0.717) is 12.2 Å². The van der Waals surface area contributed by atoms with E-state index in [4.69, 9.17) is 0 Å². The van der Waals surface area contributed by atoms with Crippen LogP contribution in [-0.4, -0.2) is 34.3 Å². The van der Waals surface area contributed by atoms with Crippen molar-refractivity contribution in [1.82, 2.24) is 20.4 Å². The average molecular weight is 381 g/mol. The number of amides is 3. The largest absolute Gasteiger partial charge is 0.356 e. The lowest BCUT2D eigenvalue weighted by atomic mass is 9.72. The molecule has 7 heteroatoms. The summed E-state index contributed by atoms with van der Waals surface area (Å²) in [5, 5.41) is 13.3. The Morgan fingerprint density at radius 3 is 2.68 bits per heavy atom. The second kappa shape index (κ2) is 7.66. The Kier molecular flexibility index (Phi) is 5.07. The molecule has 28 heavy (non-hydrogen) atoms. The van der Waals surface area contributed by atoms with Crippen molar-refractivity contribution in [3.8, 4) is 0 Å². The Hall–Kier alpha value is -2.83. The van der Waals surface area contributed by atoms with E-state index in [9.17, 15) is 9.59 Å². The van der Waals surface area contributed by atoms with Crippen LogP contribution in [0.1, 0.15) is 50.6 Å². The highest BCUT2D eigenvalue weighted by atomic mass is 16.2. The Morgan fingerprint density at radius 2 is 2.00 bits per heavy atom. The van der Waals surface area contributed by atoms with Crippen molar-refractivity contribution in [1.29, 1.82) is 0 Å². The second-order valence-electron chi connectivity index (χ2n) is 8.09. The monoisotopic (exact) mass is 381 g/mol. The lowest BCUT2D eigenvalue weighted by molar-refractivity contribution is -0.119. The Bertz CT molecular complexity index is 839. The fourth-order valence-corrected chi connectivity index (χ4v) is 4.32. The molecule has 148 valence electrons. The number of nitrogens with zero attached hydrogens (tertiary/aromatic N) is 2. The molecular formula is C21H27N5O2. The van der Waals surface area contributed by atoms with Crippen LogP contribution in [0.5, 0.6) is 0 Å². The predicted molar refractivity (Wildman–Crippen MR) is 107 cm³/mol. The highest BCUT2D eigenvalue weighted by molar-refractivity contribution is 5.88. The molecule has 1 aliphatic heterocycles. The summed E-state index contributed by atoms with van der Waals surface area (Å²) in [4.78, 5) is 23.9. The minimum atomic E-state index is -0.223. The average Bonchev–Trinajstić information content (AvgIpc) is 3.31. The first kappa shape index (κ1) is 18.5. The van der Waals surface area contributed by atoms with Crippen molar-refractivity contribution >= 4 is 17.8 Å². The topological polar surface area (TPSA) is 88.0 Å². The van der Waals surface area contributed by atoms with E-state index in [1.54, 1.807) is 0 Å². The maximum Gasteiger partial charge on any atom is 0.320 e. The highest BCUT2D eigenvalue weighted by Gasteiger charge is 2.41. The third kappa shape index (κ3) is 4.03. The minimum Gasteiger partial charge on any atom is -0.356 e. The van der Waals surface area contributed by atoms with Crippen LogP contribution in [0.4, 0.5) is 10.6 Å². The summed E-state index contributed by atoms with van der Waals surface area (Å²) in [7, 11) is 0. The summed E-state index contributed by atoms with van der Waals surface area (Å²) < 4.78 is 1.85. The Balaban J connectivity index is 1.28. The molecule has 3 amide bonds. The molecule has 1 aromatic carbocycles. The predicted octanol–water partition coefficient (Wildman–Crippen LogP) is 3.06. The van der Waals surface area contributed by atoms with Gasteiger partial charge in [0.05, 0.1) is 6.04 Å². The van der Waals surface area contributed by atoms with Crippen molar-refractivity contribution in [2.45, 2.75) is 51.1 Å². The summed E-state index contributed by atoms with van der Waals surface area (Å²) in [5.74, 6) is 0.697. The van der Waals surface area contributed by atoms with Crippen molar-refractivity contribution in [3.63, 3.8) is 0 Å². The van der Waals surface area contributed by atoms with Crippen LogP contribution in [0.3, 0.4) is 0 Å². The maximum absolute atomic E-state index is 12.4. The molecule has 1 aromatic heterocycles. The zero-order chi connectivity index (χ0) is 19.6. The fraction of sp³-hybridized carbons (Fsp3) is 0.476. The first-order chi connectivity index (χ1) is 13.5. The molecule has 2 heterocycles. The van der Waals surface area contributed by atoms with Crippen molar-refractivity contribution in [2.75, 3.05) is 11.9 Å². The molecule has 1 saturated heterocycles. The van der Waals surface area contributed by atoms with Crippen LogP contribution < -0.4 is 16.0 Å². The molecule has 4 rings (SSSR count). The van der Waals surface area contributed by atoms with Crippen LogP contribution in [-0.2, 0) is 4.79 Å². The standard InChI is InChI=1S/C21H27N5O2/c1-15(16-5-3-2-4-6-16)26-12-9-18(25-26)24-20(28)23-17-7-10-21(11-8-17)13-19(27)22-14-21/h2-6,9,12,15,17H,7-8,10-11,13-14H2,1H3,(H,22,27)(H2,23,24,25,28). The normalized spacial score (nSPS) is 25.3. The number of nitrogens with one attached hydrogen (secondary N) is 3. The molecule has 2 aliphatic rings. The van der Waals surface area contributed by atoms with E-state index < -0.39 is 0 Å². The quantitative estimate of drug-likeness (QED) is 0.760. The first-order valence-electron chi connectivity index (χ1n) is 9.97. The summed E-state index contributed by atoms with van der Waals surface area (Å²) in [6, 6.07) is 12.0. The molecule has 2 aromatic rings. The number of urea groups is 1. The van der Waals surface area contributed by atoms with E-state index in [1.165, 1.54) is 0 Å². The molecule has 1 spiro atoms. The highest BCUT2D eigenvalue weighted by Crippen LogP contribution is 2.41. The van der Waals surface area contributed by atoms with Crippen LogP contribution in [0.25, 0.3) is 0 Å². The van der Waals surface area contributed by atoms with Gasteiger partial charge in [-0.1, -0.05) is 30.3 Å². The van der Waals surface area contributed by atoms with Gasteiger partial charge in [-0.05, 0) is 43.6 Å². The lowest BCUT2D eigenvalue weighted by Gasteiger charge is -2.36. The maximum atomic E-state index is 12.4. The molecule has 1 unspecified atom stereocenters. The van der Waals surface area contributed by atoms with Gasteiger partial charge in [-0.25, -0.2) is 4.79 Å². The van der Waals surface area contributed by atoms with Gasteiger partial charge < -0.3 is 10.6 Å². The van der Waals surface area contributed by atoms with Crippen LogP contribution in [0.2, 0.25) is 0 Å². The lowest BCUT2D eigenvalue weighted by Crippen LogP contribution is -2.43. The van der Waals surface area contributed by atoms with E-state index in [0.717, 1.165) is 37.8 Å². The zero-order valence-corrected chi connectivity index (χ0v) is 16.1. The number of benzene rings is 1. The second-order valence-corrected chi connectivity index (χ2v) is 8.09. The molecule has 2 fully saturated rings. The number of rotatable bonds is 4. The van der Waals surface area contributed by atoms with E-state index in [1.807, 2.05) is 35.1 Å². The third-order valence-electron chi connectivity index (χ3n) is 6.11. The van der Waals surface area contributed by atoms with Crippen LogP contribution in [0, 0.1) is 5.41 Å². The molecule has 7 nitrogen and oxygen atoms in total. The number of hydrogen-bond acceptors (Lipinski definition) is 3. The van der Waals surface area contributed by atoms with Crippen molar-refractivity contribution in [2.24, 2.45) is 5.41 Å². The number of carbonyl (C=O) groups is 2.